The number of amides is 1. The van der Waals surface area contributed by atoms with Crippen LogP contribution < -0.4 is 24.4 Å². The number of hydrogen-bond acceptors (Lipinski definition) is 5. The fourth-order valence-electron chi connectivity index (χ4n) is 4.14. The zero-order valence-electron chi connectivity index (χ0n) is 21.9. The quantitative estimate of drug-likeness (QED) is 0.252. The molecule has 0 aliphatic heterocycles. The first-order valence-electron chi connectivity index (χ1n) is 12.7. The molecule has 0 aliphatic rings. The molecule has 0 heterocycles. The average Bonchev–Trinajstić information content (AvgIpc) is 2.97. The summed E-state index contributed by atoms with van der Waals surface area (Å²) in [6, 6.07) is 33.6. The summed E-state index contributed by atoms with van der Waals surface area (Å²) in [4.78, 5) is 15.2. The van der Waals surface area contributed by atoms with Crippen molar-refractivity contribution in [1.82, 2.24) is 5.32 Å². The molecule has 6 heteroatoms. The SMILES string of the molecule is COc1ccc(CCN(C(=O)CNCc2ccccc2)c2ccc(OCc3ccccc3)cc2)cc1OC. The van der Waals surface area contributed by atoms with Gasteiger partial charge >= 0.3 is 0 Å². The van der Waals surface area contributed by atoms with Crippen LogP contribution in [0, 0.1) is 0 Å². The standard InChI is InChI=1S/C32H34N2O4/c1-36-30-18-13-25(21-31(30)37-2)19-20-34(32(35)23-33-22-26-9-5-3-6-10-26)28-14-16-29(17-15-28)38-24-27-11-7-4-8-12-27/h3-18,21,33H,19-20,22-24H2,1-2H3. The highest BCUT2D eigenvalue weighted by atomic mass is 16.5. The molecule has 4 aromatic carbocycles. The number of nitrogens with zero attached hydrogens (tertiary/aromatic N) is 1. The number of anilines is 1. The van der Waals surface area contributed by atoms with Crippen LogP contribution in [-0.4, -0.2) is 33.2 Å². The third-order valence-electron chi connectivity index (χ3n) is 6.22. The van der Waals surface area contributed by atoms with Gasteiger partial charge in [-0.25, -0.2) is 0 Å². The number of carbonyl (C=O) groups excluding carboxylic acids is 1. The summed E-state index contributed by atoms with van der Waals surface area (Å²) >= 11 is 0. The first-order valence-corrected chi connectivity index (χ1v) is 12.7. The molecule has 0 saturated heterocycles. The van der Waals surface area contributed by atoms with Crippen LogP contribution in [0.25, 0.3) is 0 Å². The van der Waals surface area contributed by atoms with Gasteiger partial charge in [-0.05, 0) is 59.5 Å². The van der Waals surface area contributed by atoms with Gasteiger partial charge in [-0.15, -0.1) is 0 Å². The maximum Gasteiger partial charge on any atom is 0.240 e. The lowest BCUT2D eigenvalue weighted by Gasteiger charge is -2.24. The Kier molecular flexibility index (Phi) is 9.76. The predicted molar refractivity (Wildman–Crippen MR) is 151 cm³/mol. The molecule has 0 spiro atoms. The van der Waals surface area contributed by atoms with Crippen LogP contribution >= 0.6 is 0 Å². The third-order valence-corrected chi connectivity index (χ3v) is 6.22. The van der Waals surface area contributed by atoms with E-state index in [0.29, 0.717) is 37.6 Å². The van der Waals surface area contributed by atoms with Crippen LogP contribution in [0.2, 0.25) is 0 Å². The molecule has 0 fully saturated rings. The van der Waals surface area contributed by atoms with Crippen molar-refractivity contribution in [2.24, 2.45) is 0 Å². The van der Waals surface area contributed by atoms with E-state index in [0.717, 1.165) is 28.1 Å². The Hall–Kier alpha value is -4.29. The van der Waals surface area contributed by atoms with Gasteiger partial charge in [-0.1, -0.05) is 66.7 Å². The molecule has 196 valence electrons. The Bertz CT molecular complexity index is 1280. The van der Waals surface area contributed by atoms with E-state index in [9.17, 15) is 4.79 Å². The second kappa shape index (κ2) is 13.9. The van der Waals surface area contributed by atoms with Gasteiger partial charge in [0.25, 0.3) is 0 Å². The molecule has 0 unspecified atom stereocenters. The topological polar surface area (TPSA) is 60.0 Å². The Morgan fingerprint density at radius 3 is 2.05 bits per heavy atom. The summed E-state index contributed by atoms with van der Waals surface area (Å²) in [6.45, 7) is 1.87. The van der Waals surface area contributed by atoms with Crippen LogP contribution in [0.3, 0.4) is 0 Å². The third kappa shape index (κ3) is 7.60. The predicted octanol–water partition coefficient (Wildman–Crippen LogP) is 5.65. The molecule has 0 saturated carbocycles. The van der Waals surface area contributed by atoms with Crippen LogP contribution in [0.1, 0.15) is 16.7 Å². The second-order valence-electron chi connectivity index (χ2n) is 8.84. The molecule has 1 amide bonds. The Labute approximate surface area is 224 Å². The monoisotopic (exact) mass is 510 g/mol. The Morgan fingerprint density at radius 2 is 1.39 bits per heavy atom. The summed E-state index contributed by atoms with van der Waals surface area (Å²) in [5.74, 6) is 2.11. The van der Waals surface area contributed by atoms with Crippen molar-refractivity contribution in [3.05, 3.63) is 120 Å². The number of nitrogens with one attached hydrogen (secondary N) is 1. The highest BCUT2D eigenvalue weighted by Crippen LogP contribution is 2.28. The first-order chi connectivity index (χ1) is 18.7. The van der Waals surface area contributed by atoms with Crippen molar-refractivity contribution >= 4 is 11.6 Å². The van der Waals surface area contributed by atoms with Gasteiger partial charge in [0.15, 0.2) is 11.5 Å². The molecule has 0 aliphatic carbocycles. The molecule has 6 nitrogen and oxygen atoms in total. The van der Waals surface area contributed by atoms with Crippen molar-refractivity contribution in [3.8, 4) is 17.2 Å². The summed E-state index contributed by atoms with van der Waals surface area (Å²) < 4.78 is 16.7. The Morgan fingerprint density at radius 1 is 0.737 bits per heavy atom. The van der Waals surface area contributed by atoms with Gasteiger partial charge in [0.2, 0.25) is 5.91 Å². The molecular weight excluding hydrogens is 476 g/mol. The number of carbonyl (C=O) groups is 1. The van der Waals surface area contributed by atoms with Crippen LogP contribution in [-0.2, 0) is 24.4 Å². The fourth-order valence-corrected chi connectivity index (χ4v) is 4.14. The van der Waals surface area contributed by atoms with Gasteiger partial charge in [-0.3, -0.25) is 4.79 Å². The number of methoxy groups -OCH3 is 2. The summed E-state index contributed by atoms with van der Waals surface area (Å²) in [5, 5.41) is 3.28. The second-order valence-corrected chi connectivity index (χ2v) is 8.84. The zero-order chi connectivity index (χ0) is 26.6. The molecule has 0 aromatic heterocycles. The van der Waals surface area contributed by atoms with Crippen molar-refractivity contribution in [3.63, 3.8) is 0 Å². The van der Waals surface area contributed by atoms with Gasteiger partial charge in [0, 0.05) is 18.8 Å². The number of ether oxygens (including phenoxy) is 3. The van der Waals surface area contributed by atoms with E-state index in [-0.39, 0.29) is 12.5 Å². The summed E-state index contributed by atoms with van der Waals surface area (Å²) in [7, 11) is 3.24. The van der Waals surface area contributed by atoms with E-state index < -0.39 is 0 Å². The van der Waals surface area contributed by atoms with Crippen molar-refractivity contribution in [2.45, 2.75) is 19.6 Å². The van der Waals surface area contributed by atoms with Gasteiger partial charge in [0.1, 0.15) is 12.4 Å². The maximum absolute atomic E-state index is 13.4. The van der Waals surface area contributed by atoms with E-state index in [1.807, 2.05) is 108 Å². The van der Waals surface area contributed by atoms with Crippen LogP contribution in [0.5, 0.6) is 17.2 Å². The molecule has 38 heavy (non-hydrogen) atoms. The van der Waals surface area contributed by atoms with E-state index in [1.54, 1.807) is 14.2 Å². The highest BCUT2D eigenvalue weighted by Gasteiger charge is 2.16. The van der Waals surface area contributed by atoms with Crippen molar-refractivity contribution in [2.75, 3.05) is 32.2 Å². The van der Waals surface area contributed by atoms with Gasteiger partial charge in [-0.2, -0.15) is 0 Å². The fraction of sp³-hybridized carbons (Fsp3) is 0.219. The van der Waals surface area contributed by atoms with E-state index in [4.69, 9.17) is 14.2 Å². The molecular formula is C32H34N2O4. The minimum absolute atomic E-state index is 0.000591. The lowest BCUT2D eigenvalue weighted by atomic mass is 10.1. The number of rotatable bonds is 13. The lowest BCUT2D eigenvalue weighted by molar-refractivity contribution is -0.117. The van der Waals surface area contributed by atoms with Crippen LogP contribution in [0.15, 0.2) is 103 Å². The smallest absolute Gasteiger partial charge is 0.240 e. The Balaban J connectivity index is 1.44. The van der Waals surface area contributed by atoms with Gasteiger partial charge < -0.3 is 24.4 Å². The molecule has 0 radical (unpaired) electrons. The summed E-state index contributed by atoms with van der Waals surface area (Å²) in [5.41, 5.74) is 4.12. The highest BCUT2D eigenvalue weighted by molar-refractivity contribution is 5.94. The van der Waals surface area contributed by atoms with Crippen molar-refractivity contribution in [1.29, 1.82) is 0 Å². The van der Waals surface area contributed by atoms with Crippen molar-refractivity contribution < 1.29 is 19.0 Å². The number of benzene rings is 4. The molecule has 4 aromatic rings. The van der Waals surface area contributed by atoms with E-state index in [1.165, 1.54) is 0 Å². The molecule has 0 bridgehead atoms. The minimum atomic E-state index is -0.000591. The average molecular weight is 511 g/mol. The van der Waals surface area contributed by atoms with E-state index >= 15 is 0 Å². The normalized spacial score (nSPS) is 10.6. The lowest BCUT2D eigenvalue weighted by Crippen LogP contribution is -2.39. The van der Waals surface area contributed by atoms with Gasteiger partial charge in [0.05, 0.1) is 20.8 Å². The first kappa shape index (κ1) is 26.8. The number of hydrogen-bond donors (Lipinski definition) is 1. The van der Waals surface area contributed by atoms with E-state index in [2.05, 4.69) is 5.32 Å². The minimum Gasteiger partial charge on any atom is -0.493 e. The van der Waals surface area contributed by atoms with Crippen LogP contribution in [0.4, 0.5) is 5.69 Å². The molecule has 0 atom stereocenters. The molecule has 1 N–H and O–H groups in total. The summed E-state index contributed by atoms with van der Waals surface area (Å²) in [6.07, 6.45) is 0.664. The molecule has 4 rings (SSSR count). The largest absolute Gasteiger partial charge is 0.493 e. The zero-order valence-corrected chi connectivity index (χ0v) is 21.9. The maximum atomic E-state index is 13.4.